The Morgan fingerprint density at radius 3 is 2.69 bits per heavy atom. The molecule has 0 aliphatic carbocycles. The van der Waals surface area contributed by atoms with Crippen molar-refractivity contribution in [1.82, 2.24) is 10.2 Å². The highest BCUT2D eigenvalue weighted by Gasteiger charge is 2.37. The number of H-pyrrole nitrogens is 1. The van der Waals surface area contributed by atoms with Gasteiger partial charge in [-0.05, 0) is 42.3 Å². The summed E-state index contributed by atoms with van der Waals surface area (Å²) in [6.45, 7) is -0.264. The first-order valence-corrected chi connectivity index (χ1v) is 13.3. The normalized spacial score (nSPS) is 15.9. The number of hydrogen-bond donors (Lipinski definition) is 2. The number of rotatable bonds is 7. The maximum Gasteiger partial charge on any atom is 0.416 e. The molecular formula is C27H22F3N3O5S. The molecule has 0 saturated heterocycles. The average molecular weight is 558 g/mol. The topological polar surface area (TPSA) is 113 Å². The maximum atomic E-state index is 13.7. The summed E-state index contributed by atoms with van der Waals surface area (Å²) >= 11 is 0. The number of hydrogen-bond acceptors (Lipinski definition) is 5. The van der Waals surface area contributed by atoms with E-state index in [1.165, 1.54) is 0 Å². The van der Waals surface area contributed by atoms with Crippen LogP contribution in [0.3, 0.4) is 0 Å². The molecular weight excluding hydrogens is 535 g/mol. The van der Waals surface area contributed by atoms with E-state index in [1.54, 1.807) is 30.5 Å². The van der Waals surface area contributed by atoms with Gasteiger partial charge in [0.15, 0.2) is 0 Å². The summed E-state index contributed by atoms with van der Waals surface area (Å²) in [6, 6.07) is 14.0. The van der Waals surface area contributed by atoms with E-state index in [1.807, 2.05) is 24.3 Å². The van der Waals surface area contributed by atoms with E-state index in [9.17, 15) is 26.4 Å². The number of benzene rings is 3. The van der Waals surface area contributed by atoms with Crippen molar-refractivity contribution in [1.29, 1.82) is 0 Å². The van der Waals surface area contributed by atoms with E-state index in [0.29, 0.717) is 11.6 Å². The SMILES string of the molecule is O=C(O)CCC1CN(S(=O)(=O)c2cccc(C(F)(F)F)c2)c2cc(/C=C/c3cccc4cn[nH]c34)ccc2O1. The molecule has 0 saturated carbocycles. The highest BCUT2D eigenvalue weighted by molar-refractivity contribution is 7.92. The van der Waals surface area contributed by atoms with Crippen molar-refractivity contribution in [2.24, 2.45) is 0 Å². The molecule has 3 aromatic carbocycles. The van der Waals surface area contributed by atoms with Crippen LogP contribution in [0.25, 0.3) is 23.1 Å². The van der Waals surface area contributed by atoms with Crippen molar-refractivity contribution in [3.8, 4) is 5.75 Å². The molecule has 1 aliphatic heterocycles. The van der Waals surface area contributed by atoms with Crippen LogP contribution in [-0.4, -0.2) is 42.3 Å². The number of carboxylic acid groups (broad SMARTS) is 1. The van der Waals surface area contributed by atoms with Crippen LogP contribution in [0.5, 0.6) is 5.75 Å². The first-order chi connectivity index (χ1) is 18.5. The zero-order chi connectivity index (χ0) is 27.8. The number of anilines is 1. The number of nitrogens with zero attached hydrogens (tertiary/aromatic N) is 2. The number of aliphatic carboxylic acids is 1. The van der Waals surface area contributed by atoms with Crippen molar-refractivity contribution < 1.29 is 36.2 Å². The van der Waals surface area contributed by atoms with E-state index in [2.05, 4.69) is 10.2 Å². The third-order valence-electron chi connectivity index (χ3n) is 6.31. The molecule has 1 aliphatic rings. The predicted molar refractivity (Wildman–Crippen MR) is 139 cm³/mol. The fourth-order valence-corrected chi connectivity index (χ4v) is 5.92. The molecule has 1 atom stereocenters. The molecule has 39 heavy (non-hydrogen) atoms. The number of para-hydroxylation sites is 1. The van der Waals surface area contributed by atoms with Crippen LogP contribution in [0, 0.1) is 0 Å². The Bertz CT molecular complexity index is 1680. The third-order valence-corrected chi connectivity index (χ3v) is 8.08. The van der Waals surface area contributed by atoms with Gasteiger partial charge in [-0.15, -0.1) is 0 Å². The molecule has 5 rings (SSSR count). The second-order valence-electron chi connectivity index (χ2n) is 8.98. The summed E-state index contributed by atoms with van der Waals surface area (Å²) in [5.41, 5.74) is 1.33. The number of carbonyl (C=O) groups is 1. The molecule has 202 valence electrons. The Labute approximate surface area is 221 Å². The second-order valence-corrected chi connectivity index (χ2v) is 10.8. The van der Waals surface area contributed by atoms with Crippen molar-refractivity contribution in [2.45, 2.75) is 30.0 Å². The summed E-state index contributed by atoms with van der Waals surface area (Å²) in [5, 5.41) is 17.0. The minimum atomic E-state index is -4.73. The lowest BCUT2D eigenvalue weighted by atomic mass is 10.1. The fraction of sp³-hybridized carbons (Fsp3) is 0.185. The summed E-state index contributed by atoms with van der Waals surface area (Å²) in [6.07, 6.45) is -0.506. The predicted octanol–water partition coefficient (Wildman–Crippen LogP) is 5.57. The van der Waals surface area contributed by atoms with E-state index in [4.69, 9.17) is 9.84 Å². The van der Waals surface area contributed by atoms with Gasteiger partial charge in [-0.25, -0.2) is 8.42 Å². The number of aromatic nitrogens is 2. The molecule has 4 aromatic rings. The van der Waals surface area contributed by atoms with Gasteiger partial charge in [0.1, 0.15) is 11.9 Å². The maximum absolute atomic E-state index is 13.7. The van der Waals surface area contributed by atoms with E-state index in [0.717, 1.165) is 39.0 Å². The Kier molecular flexibility index (Phi) is 6.81. The first kappa shape index (κ1) is 26.3. The third kappa shape index (κ3) is 5.46. The van der Waals surface area contributed by atoms with Gasteiger partial charge in [-0.2, -0.15) is 18.3 Å². The number of sulfonamides is 1. The Morgan fingerprint density at radius 1 is 1.13 bits per heavy atom. The summed E-state index contributed by atoms with van der Waals surface area (Å²) in [4.78, 5) is 10.6. The van der Waals surface area contributed by atoms with Crippen LogP contribution in [-0.2, 0) is 21.0 Å². The van der Waals surface area contributed by atoms with Gasteiger partial charge in [0, 0.05) is 17.4 Å². The molecule has 0 fully saturated rings. The lowest BCUT2D eigenvalue weighted by molar-refractivity contribution is -0.138. The zero-order valence-electron chi connectivity index (χ0n) is 20.2. The lowest BCUT2D eigenvalue weighted by Gasteiger charge is -2.35. The standard InChI is InChI=1S/C27H22F3N3O5S/c28-27(29,30)20-5-2-6-22(14-20)39(36,37)33-16-21(10-12-25(34)35)38-24-11-8-17(13-23(24)33)7-9-18-3-1-4-19-15-31-32-26(18)19/h1-9,11,13-15,21H,10,12,16H2,(H,31,32)(H,34,35)/b9-7+. The highest BCUT2D eigenvalue weighted by atomic mass is 32.2. The van der Waals surface area contributed by atoms with Crippen molar-refractivity contribution in [2.75, 3.05) is 10.8 Å². The monoisotopic (exact) mass is 557 g/mol. The largest absolute Gasteiger partial charge is 0.486 e. The molecule has 2 N–H and O–H groups in total. The second kappa shape index (κ2) is 10.1. The molecule has 1 aromatic heterocycles. The van der Waals surface area contributed by atoms with Gasteiger partial charge < -0.3 is 9.84 Å². The van der Waals surface area contributed by atoms with Crippen LogP contribution in [0.4, 0.5) is 18.9 Å². The molecule has 0 amide bonds. The molecule has 0 bridgehead atoms. The number of fused-ring (bicyclic) bond motifs is 2. The zero-order valence-corrected chi connectivity index (χ0v) is 21.0. The van der Waals surface area contributed by atoms with E-state index < -0.39 is 38.7 Å². The van der Waals surface area contributed by atoms with Crippen LogP contribution < -0.4 is 9.04 Å². The number of nitrogens with one attached hydrogen (secondary N) is 1. The first-order valence-electron chi connectivity index (χ1n) is 11.8. The van der Waals surface area contributed by atoms with E-state index >= 15 is 0 Å². The quantitative estimate of drug-likeness (QED) is 0.287. The van der Waals surface area contributed by atoms with Gasteiger partial charge >= 0.3 is 12.1 Å². The van der Waals surface area contributed by atoms with Crippen LogP contribution >= 0.6 is 0 Å². The minimum absolute atomic E-state index is 0.0131. The van der Waals surface area contributed by atoms with Gasteiger partial charge in [0.2, 0.25) is 0 Å². The lowest BCUT2D eigenvalue weighted by Crippen LogP contribution is -2.43. The molecule has 8 nitrogen and oxygen atoms in total. The summed E-state index contributed by atoms with van der Waals surface area (Å²) in [5.74, 6) is -0.899. The molecule has 1 unspecified atom stereocenters. The Morgan fingerprint density at radius 2 is 1.92 bits per heavy atom. The molecule has 0 radical (unpaired) electrons. The average Bonchev–Trinajstić information content (AvgIpc) is 3.39. The smallest absolute Gasteiger partial charge is 0.416 e. The van der Waals surface area contributed by atoms with Crippen molar-refractivity contribution >= 4 is 44.7 Å². The minimum Gasteiger partial charge on any atom is -0.486 e. The summed E-state index contributed by atoms with van der Waals surface area (Å²) in [7, 11) is -4.47. The van der Waals surface area contributed by atoms with Gasteiger partial charge in [-0.1, -0.05) is 42.5 Å². The van der Waals surface area contributed by atoms with Gasteiger partial charge in [-0.3, -0.25) is 14.2 Å². The van der Waals surface area contributed by atoms with Gasteiger partial charge in [0.05, 0.1) is 34.4 Å². The van der Waals surface area contributed by atoms with Crippen molar-refractivity contribution in [3.63, 3.8) is 0 Å². The summed E-state index contributed by atoms with van der Waals surface area (Å²) < 4.78 is 74.2. The number of carboxylic acids is 1. The number of ether oxygens (including phenoxy) is 1. The highest BCUT2D eigenvalue weighted by Crippen LogP contribution is 2.40. The fourth-order valence-electron chi connectivity index (χ4n) is 4.37. The van der Waals surface area contributed by atoms with Crippen LogP contribution in [0.1, 0.15) is 29.5 Å². The van der Waals surface area contributed by atoms with E-state index in [-0.39, 0.29) is 30.8 Å². The van der Waals surface area contributed by atoms with Crippen LogP contribution in [0.15, 0.2) is 71.8 Å². The Balaban J connectivity index is 1.54. The van der Waals surface area contributed by atoms with Crippen LogP contribution in [0.2, 0.25) is 0 Å². The number of aromatic amines is 1. The molecule has 12 heteroatoms. The van der Waals surface area contributed by atoms with Crippen molar-refractivity contribution in [3.05, 3.63) is 83.6 Å². The molecule has 0 spiro atoms. The number of halogens is 3. The molecule has 2 heterocycles. The Hall–Kier alpha value is -4.32. The van der Waals surface area contributed by atoms with Gasteiger partial charge in [0.25, 0.3) is 10.0 Å². The number of alkyl halides is 3.